The summed E-state index contributed by atoms with van der Waals surface area (Å²) in [6, 6.07) is 8.64. The number of anilines is 1. The first-order valence-electron chi connectivity index (χ1n) is 7.56. The van der Waals surface area contributed by atoms with E-state index in [2.05, 4.69) is 38.2 Å². The highest BCUT2D eigenvalue weighted by molar-refractivity contribution is 7.99. The monoisotopic (exact) mass is 342 g/mol. The Hall–Kier alpha value is -0.710. The first-order valence-corrected chi connectivity index (χ1v) is 8.71. The van der Waals surface area contributed by atoms with E-state index in [0.29, 0.717) is 12.5 Å². The highest BCUT2D eigenvalue weighted by Crippen LogP contribution is 2.25. The summed E-state index contributed by atoms with van der Waals surface area (Å²) in [6.07, 6.45) is 0.574. The van der Waals surface area contributed by atoms with Crippen molar-refractivity contribution in [2.24, 2.45) is 0 Å². The van der Waals surface area contributed by atoms with Crippen molar-refractivity contribution < 1.29 is 4.79 Å². The quantitative estimate of drug-likeness (QED) is 0.913. The molecule has 5 heteroatoms. The van der Waals surface area contributed by atoms with Crippen molar-refractivity contribution in [2.45, 2.75) is 38.6 Å². The van der Waals surface area contributed by atoms with Crippen molar-refractivity contribution in [3.63, 3.8) is 0 Å². The van der Waals surface area contributed by atoms with E-state index < -0.39 is 0 Å². The highest BCUT2D eigenvalue weighted by atomic mass is 35.5. The zero-order chi connectivity index (χ0) is 15.5. The number of amides is 1. The van der Waals surface area contributed by atoms with Crippen LogP contribution in [0.3, 0.4) is 0 Å². The molecule has 0 aromatic heterocycles. The number of carbonyl (C=O) groups is 1. The third kappa shape index (κ3) is 5.18. The van der Waals surface area contributed by atoms with Crippen molar-refractivity contribution in [1.29, 1.82) is 0 Å². The second-order valence-electron chi connectivity index (χ2n) is 6.68. The number of hydrogen-bond acceptors (Lipinski definition) is 3. The lowest BCUT2D eigenvalue weighted by Gasteiger charge is -2.26. The number of thioether (sulfide) groups is 1. The summed E-state index contributed by atoms with van der Waals surface area (Å²) in [7, 11) is 1.87. The number of benzene rings is 1. The van der Waals surface area contributed by atoms with E-state index in [9.17, 15) is 4.79 Å². The van der Waals surface area contributed by atoms with Crippen LogP contribution in [0.25, 0.3) is 0 Å². The van der Waals surface area contributed by atoms with Gasteiger partial charge in [-0.2, -0.15) is 11.8 Å². The molecule has 0 aliphatic carbocycles. The van der Waals surface area contributed by atoms with Crippen molar-refractivity contribution in [3.8, 4) is 0 Å². The summed E-state index contributed by atoms with van der Waals surface area (Å²) >= 11 is 1.92. The SMILES string of the molecule is CN(C(=O)CC1CSCCN1)c1ccc(C(C)(C)C)cc1.Cl. The van der Waals surface area contributed by atoms with Crippen LogP contribution in [-0.4, -0.2) is 37.0 Å². The van der Waals surface area contributed by atoms with E-state index in [1.165, 1.54) is 5.56 Å². The van der Waals surface area contributed by atoms with E-state index >= 15 is 0 Å². The van der Waals surface area contributed by atoms with Gasteiger partial charge in [-0.15, -0.1) is 12.4 Å². The fourth-order valence-electron chi connectivity index (χ4n) is 2.43. The molecule has 1 aliphatic heterocycles. The molecule has 1 fully saturated rings. The van der Waals surface area contributed by atoms with Crippen LogP contribution in [0.4, 0.5) is 5.69 Å². The minimum absolute atomic E-state index is 0. The van der Waals surface area contributed by atoms with Gasteiger partial charge >= 0.3 is 0 Å². The Labute approximate surface area is 144 Å². The summed E-state index contributed by atoms with van der Waals surface area (Å²) in [5.74, 6) is 2.36. The molecule has 0 bridgehead atoms. The molecular formula is C17H27ClN2OS. The van der Waals surface area contributed by atoms with E-state index in [-0.39, 0.29) is 23.7 Å². The van der Waals surface area contributed by atoms with Crippen LogP contribution in [-0.2, 0) is 10.2 Å². The molecule has 1 unspecified atom stereocenters. The normalized spacial score (nSPS) is 18.5. The van der Waals surface area contributed by atoms with Gasteiger partial charge in [0.1, 0.15) is 0 Å². The Kier molecular flexibility index (Phi) is 7.23. The maximum absolute atomic E-state index is 12.4. The summed E-state index contributed by atoms with van der Waals surface area (Å²) < 4.78 is 0. The Balaban J connectivity index is 0.00000242. The zero-order valence-electron chi connectivity index (χ0n) is 13.9. The molecule has 1 aliphatic rings. The maximum atomic E-state index is 12.4. The van der Waals surface area contributed by atoms with Gasteiger partial charge in [0, 0.05) is 43.2 Å². The van der Waals surface area contributed by atoms with Crippen LogP contribution < -0.4 is 10.2 Å². The van der Waals surface area contributed by atoms with Gasteiger partial charge < -0.3 is 10.2 Å². The predicted molar refractivity (Wildman–Crippen MR) is 99.5 cm³/mol. The maximum Gasteiger partial charge on any atom is 0.228 e. The Morgan fingerprint density at radius 3 is 2.45 bits per heavy atom. The van der Waals surface area contributed by atoms with Crippen LogP contribution in [0.2, 0.25) is 0 Å². The Morgan fingerprint density at radius 1 is 1.32 bits per heavy atom. The van der Waals surface area contributed by atoms with E-state index in [4.69, 9.17) is 0 Å². The number of rotatable bonds is 3. The second-order valence-corrected chi connectivity index (χ2v) is 7.83. The minimum atomic E-state index is 0. The molecule has 124 valence electrons. The highest BCUT2D eigenvalue weighted by Gasteiger charge is 2.20. The molecule has 0 saturated carbocycles. The van der Waals surface area contributed by atoms with E-state index in [1.54, 1.807) is 4.90 Å². The molecule has 1 aromatic carbocycles. The van der Waals surface area contributed by atoms with Crippen LogP contribution in [0.5, 0.6) is 0 Å². The number of hydrogen-bond donors (Lipinski definition) is 1. The van der Waals surface area contributed by atoms with Crippen molar-refractivity contribution in [1.82, 2.24) is 5.32 Å². The standard InChI is InChI=1S/C17H26N2OS.ClH/c1-17(2,3)13-5-7-15(8-6-13)19(4)16(20)11-14-12-21-10-9-18-14;/h5-8,14,18H,9-12H2,1-4H3;1H. The summed E-state index contributed by atoms with van der Waals surface area (Å²) in [4.78, 5) is 14.1. The zero-order valence-corrected chi connectivity index (χ0v) is 15.5. The number of nitrogens with zero attached hydrogens (tertiary/aromatic N) is 1. The number of halogens is 1. The first-order chi connectivity index (χ1) is 9.88. The van der Waals surface area contributed by atoms with Crippen LogP contribution in [0, 0.1) is 0 Å². The Morgan fingerprint density at radius 2 is 1.95 bits per heavy atom. The predicted octanol–water partition coefficient (Wildman–Crippen LogP) is 3.46. The fourth-order valence-corrected chi connectivity index (χ4v) is 3.38. The molecule has 1 heterocycles. The molecule has 22 heavy (non-hydrogen) atoms. The second kappa shape index (κ2) is 8.23. The van der Waals surface area contributed by atoms with E-state index in [0.717, 1.165) is 23.7 Å². The number of carbonyl (C=O) groups excluding carboxylic acids is 1. The lowest BCUT2D eigenvalue weighted by atomic mass is 9.87. The first kappa shape index (κ1) is 19.3. The minimum Gasteiger partial charge on any atom is -0.315 e. The van der Waals surface area contributed by atoms with Crippen molar-refractivity contribution >= 4 is 35.8 Å². The smallest absolute Gasteiger partial charge is 0.228 e. The molecule has 3 nitrogen and oxygen atoms in total. The van der Waals surface area contributed by atoms with E-state index in [1.807, 2.05) is 30.9 Å². The molecular weight excluding hydrogens is 316 g/mol. The molecule has 0 radical (unpaired) electrons. The van der Waals surface area contributed by atoms with Gasteiger partial charge in [0.25, 0.3) is 0 Å². The molecule has 1 N–H and O–H groups in total. The molecule has 1 amide bonds. The van der Waals surface area contributed by atoms with Crippen LogP contribution in [0.15, 0.2) is 24.3 Å². The van der Waals surface area contributed by atoms with Gasteiger partial charge in [-0.25, -0.2) is 0 Å². The number of nitrogens with one attached hydrogen (secondary N) is 1. The van der Waals surface area contributed by atoms with Gasteiger partial charge in [-0.3, -0.25) is 4.79 Å². The van der Waals surface area contributed by atoms with Gasteiger partial charge in [0.05, 0.1) is 0 Å². The van der Waals surface area contributed by atoms with Gasteiger partial charge in [-0.1, -0.05) is 32.9 Å². The average molecular weight is 343 g/mol. The van der Waals surface area contributed by atoms with Crippen molar-refractivity contribution in [2.75, 3.05) is 30.0 Å². The summed E-state index contributed by atoms with van der Waals surface area (Å²) in [6.45, 7) is 7.60. The lowest BCUT2D eigenvalue weighted by molar-refractivity contribution is -0.118. The fraction of sp³-hybridized carbons (Fsp3) is 0.588. The third-order valence-corrected chi connectivity index (χ3v) is 5.05. The summed E-state index contributed by atoms with van der Waals surface area (Å²) in [5, 5.41) is 3.42. The molecule has 0 spiro atoms. The van der Waals surface area contributed by atoms with Gasteiger partial charge in [0.15, 0.2) is 0 Å². The Bertz CT molecular complexity index is 478. The van der Waals surface area contributed by atoms with Crippen LogP contribution in [0.1, 0.15) is 32.8 Å². The van der Waals surface area contributed by atoms with Gasteiger partial charge in [-0.05, 0) is 23.1 Å². The molecule has 1 atom stereocenters. The van der Waals surface area contributed by atoms with Gasteiger partial charge in [0.2, 0.25) is 5.91 Å². The largest absolute Gasteiger partial charge is 0.315 e. The molecule has 2 rings (SSSR count). The topological polar surface area (TPSA) is 32.3 Å². The molecule has 1 aromatic rings. The van der Waals surface area contributed by atoms with Crippen LogP contribution >= 0.6 is 24.2 Å². The molecule has 1 saturated heterocycles. The summed E-state index contributed by atoms with van der Waals surface area (Å²) in [5.41, 5.74) is 2.40. The average Bonchev–Trinajstić information content (AvgIpc) is 2.46. The third-order valence-electron chi connectivity index (χ3n) is 3.91. The van der Waals surface area contributed by atoms with Crippen molar-refractivity contribution in [3.05, 3.63) is 29.8 Å². The lowest BCUT2D eigenvalue weighted by Crippen LogP contribution is -2.41.